The number of aromatic nitrogens is 2. The number of nitrogens with zero attached hydrogens (tertiary/aromatic N) is 2. The molecule has 2 unspecified atom stereocenters. The van der Waals surface area contributed by atoms with E-state index in [1.807, 2.05) is 6.07 Å². The molecule has 2 heterocycles. The number of benzene rings is 1. The van der Waals surface area contributed by atoms with Crippen LogP contribution in [0.3, 0.4) is 0 Å². The molecular weight excluding hydrogens is 348 g/mol. The molecule has 1 N–H and O–H groups in total. The molecule has 1 saturated carbocycles. The summed E-state index contributed by atoms with van der Waals surface area (Å²) in [5, 5.41) is 2.71. The van der Waals surface area contributed by atoms with Crippen LogP contribution in [-0.2, 0) is 4.79 Å². The molecule has 1 fully saturated rings. The number of nitrogens with one attached hydrogen (secondary N) is 1. The summed E-state index contributed by atoms with van der Waals surface area (Å²) in [6.45, 7) is 1.67. The minimum atomic E-state index is -1.05. The Hall–Kier alpha value is -2.47. The van der Waals surface area contributed by atoms with Crippen LogP contribution in [0.1, 0.15) is 12.0 Å². The standard InChI is InChI=1S/C18H14ClF2N3O/c1-9-11(3-4-13(19)17(9)21)10-2-5-16-22-15(8-24(16)7-10)23-18(25)12-6-14(12)20/h2-5,7-8,12,14H,6H2,1H3,(H,23,25). The largest absolute Gasteiger partial charge is 0.309 e. The molecule has 0 radical (unpaired) electrons. The molecule has 4 rings (SSSR count). The van der Waals surface area contributed by atoms with E-state index in [4.69, 9.17) is 11.6 Å². The third-order valence-electron chi connectivity index (χ3n) is 4.40. The van der Waals surface area contributed by atoms with Gasteiger partial charge in [-0.05, 0) is 48.2 Å². The molecule has 2 aromatic heterocycles. The predicted molar refractivity (Wildman–Crippen MR) is 92.0 cm³/mol. The first kappa shape index (κ1) is 16.0. The Morgan fingerprint density at radius 2 is 2.08 bits per heavy atom. The van der Waals surface area contributed by atoms with Crippen molar-refractivity contribution in [3.63, 3.8) is 0 Å². The number of carbonyl (C=O) groups excluding carboxylic acids is 1. The topological polar surface area (TPSA) is 46.4 Å². The van der Waals surface area contributed by atoms with E-state index in [0.29, 0.717) is 17.0 Å². The lowest BCUT2D eigenvalue weighted by molar-refractivity contribution is -0.117. The van der Waals surface area contributed by atoms with Crippen molar-refractivity contribution in [1.29, 1.82) is 0 Å². The summed E-state index contributed by atoms with van der Waals surface area (Å²) in [5.41, 5.74) is 2.60. The summed E-state index contributed by atoms with van der Waals surface area (Å²) >= 11 is 5.80. The molecule has 128 valence electrons. The van der Waals surface area contributed by atoms with Crippen molar-refractivity contribution in [1.82, 2.24) is 9.38 Å². The summed E-state index contributed by atoms with van der Waals surface area (Å²) in [7, 11) is 0. The van der Waals surface area contributed by atoms with Gasteiger partial charge in [0.1, 0.15) is 17.6 Å². The van der Waals surface area contributed by atoms with E-state index in [0.717, 1.165) is 11.1 Å². The van der Waals surface area contributed by atoms with Gasteiger partial charge in [-0.2, -0.15) is 0 Å². The van der Waals surface area contributed by atoms with Gasteiger partial charge >= 0.3 is 0 Å². The SMILES string of the molecule is Cc1c(-c2ccc3nc(NC(=O)C4CC4F)cn3c2)ccc(Cl)c1F. The first-order valence-corrected chi connectivity index (χ1v) is 8.20. The van der Waals surface area contributed by atoms with E-state index in [-0.39, 0.29) is 17.4 Å². The van der Waals surface area contributed by atoms with E-state index >= 15 is 0 Å². The molecule has 1 aliphatic rings. The second-order valence-electron chi connectivity index (χ2n) is 6.19. The number of rotatable bonds is 3. The lowest BCUT2D eigenvalue weighted by Gasteiger charge is -2.08. The summed E-state index contributed by atoms with van der Waals surface area (Å²) in [6, 6.07) is 6.87. The summed E-state index contributed by atoms with van der Waals surface area (Å²) in [5.74, 6) is -1.00. The molecule has 1 aromatic carbocycles. The fraction of sp³-hybridized carbons (Fsp3) is 0.222. The highest BCUT2D eigenvalue weighted by Crippen LogP contribution is 2.34. The summed E-state index contributed by atoms with van der Waals surface area (Å²) in [6.07, 6.45) is 2.66. The maximum Gasteiger partial charge on any atom is 0.231 e. The molecule has 0 aliphatic heterocycles. The van der Waals surface area contributed by atoms with Crippen LogP contribution in [0.5, 0.6) is 0 Å². The second kappa shape index (κ2) is 5.81. The van der Waals surface area contributed by atoms with Crippen LogP contribution < -0.4 is 5.32 Å². The monoisotopic (exact) mass is 361 g/mol. The average Bonchev–Trinajstić information content (AvgIpc) is 3.18. The fourth-order valence-corrected chi connectivity index (χ4v) is 3.04. The molecule has 1 aliphatic carbocycles. The fourth-order valence-electron chi connectivity index (χ4n) is 2.83. The number of carbonyl (C=O) groups is 1. The Labute approximate surface area is 147 Å². The van der Waals surface area contributed by atoms with Gasteiger partial charge in [-0.25, -0.2) is 13.8 Å². The quantitative estimate of drug-likeness (QED) is 0.751. The molecule has 3 aromatic rings. The number of amides is 1. The van der Waals surface area contributed by atoms with Crippen molar-refractivity contribution < 1.29 is 13.6 Å². The number of imidazole rings is 1. The van der Waals surface area contributed by atoms with Crippen LogP contribution in [0.25, 0.3) is 16.8 Å². The lowest BCUT2D eigenvalue weighted by atomic mass is 10.0. The van der Waals surface area contributed by atoms with Gasteiger partial charge in [-0.1, -0.05) is 17.7 Å². The third kappa shape index (κ3) is 2.87. The van der Waals surface area contributed by atoms with Crippen molar-refractivity contribution >= 4 is 29.0 Å². The number of hydrogen-bond donors (Lipinski definition) is 1. The normalized spacial score (nSPS) is 19.2. The van der Waals surface area contributed by atoms with Crippen molar-refractivity contribution in [3.8, 4) is 11.1 Å². The zero-order valence-corrected chi connectivity index (χ0v) is 14.0. The van der Waals surface area contributed by atoms with Crippen LogP contribution in [0.15, 0.2) is 36.7 Å². The maximum atomic E-state index is 14.0. The molecule has 0 spiro atoms. The summed E-state index contributed by atoms with van der Waals surface area (Å²) < 4.78 is 28.7. The van der Waals surface area contributed by atoms with Crippen LogP contribution >= 0.6 is 11.6 Å². The van der Waals surface area contributed by atoms with Crippen molar-refractivity contribution in [3.05, 3.63) is 53.1 Å². The van der Waals surface area contributed by atoms with Gasteiger partial charge in [0.25, 0.3) is 0 Å². The van der Waals surface area contributed by atoms with Crippen LogP contribution in [0, 0.1) is 18.7 Å². The number of pyridine rings is 1. The van der Waals surface area contributed by atoms with Gasteiger partial charge in [0.05, 0.1) is 17.1 Å². The van der Waals surface area contributed by atoms with E-state index < -0.39 is 17.9 Å². The summed E-state index contributed by atoms with van der Waals surface area (Å²) in [4.78, 5) is 16.1. The van der Waals surface area contributed by atoms with Crippen molar-refractivity contribution in [2.75, 3.05) is 5.32 Å². The Morgan fingerprint density at radius 1 is 1.32 bits per heavy atom. The molecule has 25 heavy (non-hydrogen) atoms. The first-order valence-electron chi connectivity index (χ1n) is 7.82. The second-order valence-corrected chi connectivity index (χ2v) is 6.60. The number of alkyl halides is 1. The Bertz CT molecular complexity index is 1000. The van der Waals surface area contributed by atoms with Gasteiger partial charge in [-0.3, -0.25) is 4.79 Å². The average molecular weight is 362 g/mol. The number of hydrogen-bond acceptors (Lipinski definition) is 2. The predicted octanol–water partition coefficient (Wildman–Crippen LogP) is 4.40. The molecule has 4 nitrogen and oxygen atoms in total. The van der Waals surface area contributed by atoms with Gasteiger partial charge in [0.15, 0.2) is 5.82 Å². The maximum absolute atomic E-state index is 14.0. The molecule has 7 heteroatoms. The highest BCUT2D eigenvalue weighted by Gasteiger charge is 2.43. The van der Waals surface area contributed by atoms with Crippen LogP contribution in [0.4, 0.5) is 14.6 Å². The number of anilines is 1. The Balaban J connectivity index is 1.66. The number of halogens is 3. The zero-order valence-electron chi connectivity index (χ0n) is 13.3. The minimum Gasteiger partial charge on any atom is -0.309 e. The third-order valence-corrected chi connectivity index (χ3v) is 4.69. The van der Waals surface area contributed by atoms with Gasteiger partial charge < -0.3 is 9.72 Å². The first-order chi connectivity index (χ1) is 11.9. The Kier molecular flexibility index (Phi) is 3.72. The molecule has 0 bridgehead atoms. The van der Waals surface area contributed by atoms with E-state index in [1.165, 1.54) is 6.07 Å². The van der Waals surface area contributed by atoms with E-state index in [2.05, 4.69) is 10.3 Å². The molecule has 0 saturated heterocycles. The smallest absolute Gasteiger partial charge is 0.231 e. The van der Waals surface area contributed by atoms with Gasteiger partial charge in [-0.15, -0.1) is 0 Å². The molecule has 2 atom stereocenters. The van der Waals surface area contributed by atoms with Gasteiger partial charge in [0, 0.05) is 6.20 Å². The minimum absolute atomic E-state index is 0.0844. The molecular formula is C18H14ClF2N3O. The van der Waals surface area contributed by atoms with Crippen LogP contribution in [-0.4, -0.2) is 21.5 Å². The van der Waals surface area contributed by atoms with E-state index in [1.54, 1.807) is 35.9 Å². The van der Waals surface area contributed by atoms with Crippen LogP contribution in [0.2, 0.25) is 5.02 Å². The van der Waals surface area contributed by atoms with Gasteiger partial charge in [0.2, 0.25) is 5.91 Å². The van der Waals surface area contributed by atoms with Crippen molar-refractivity contribution in [2.24, 2.45) is 5.92 Å². The highest BCUT2D eigenvalue weighted by atomic mass is 35.5. The highest BCUT2D eigenvalue weighted by molar-refractivity contribution is 6.30. The lowest BCUT2D eigenvalue weighted by Crippen LogP contribution is -2.15. The number of fused-ring (bicyclic) bond motifs is 1. The molecule has 1 amide bonds. The zero-order chi connectivity index (χ0) is 17.7. The van der Waals surface area contributed by atoms with Crippen molar-refractivity contribution in [2.45, 2.75) is 19.5 Å². The Morgan fingerprint density at radius 3 is 2.80 bits per heavy atom. The van der Waals surface area contributed by atoms with E-state index in [9.17, 15) is 13.6 Å².